The average molecular weight is 1130 g/mol. The van der Waals surface area contributed by atoms with Crippen molar-refractivity contribution in [1.82, 2.24) is 0 Å². The van der Waals surface area contributed by atoms with E-state index in [2.05, 4.69) is 0 Å². The lowest BCUT2D eigenvalue weighted by atomic mass is 9.97. The summed E-state index contributed by atoms with van der Waals surface area (Å²) in [5.41, 5.74) is 0.593. The van der Waals surface area contributed by atoms with Crippen molar-refractivity contribution in [1.29, 1.82) is 0 Å². The topological polar surface area (TPSA) is 421 Å². The molecule has 4 heterocycles. The predicted molar refractivity (Wildman–Crippen MR) is 268 cm³/mol. The molecular weight excluding hydrogens is 1070 g/mol. The third-order valence-electron chi connectivity index (χ3n) is 13.0. The molecule has 0 unspecified atom stereocenters. The highest BCUT2D eigenvalue weighted by molar-refractivity contribution is 5.89. The van der Waals surface area contributed by atoms with Gasteiger partial charge in [-0.25, -0.2) is 14.0 Å². The number of hydrogen-bond acceptors (Lipinski definition) is 26. The molecule has 3 saturated heterocycles. The highest BCUT2D eigenvalue weighted by Crippen LogP contribution is 2.44. The van der Waals surface area contributed by atoms with Crippen molar-refractivity contribution in [3.8, 4) is 63.1 Å². The number of aromatic hydroxyl groups is 5. The van der Waals surface area contributed by atoms with E-state index in [1.165, 1.54) is 81.0 Å². The van der Waals surface area contributed by atoms with Crippen molar-refractivity contribution >= 4 is 35.1 Å². The Hall–Kier alpha value is -7.61. The number of phenols is 5. The minimum Gasteiger partial charge on any atom is -0.507 e. The summed E-state index contributed by atoms with van der Waals surface area (Å²) >= 11 is 0. The van der Waals surface area contributed by atoms with Crippen molar-refractivity contribution in [3.05, 3.63) is 96.1 Å². The zero-order valence-electron chi connectivity index (χ0n) is 42.1. The van der Waals surface area contributed by atoms with Crippen LogP contribution in [-0.2, 0) is 38.0 Å². The van der Waals surface area contributed by atoms with Gasteiger partial charge in [0.15, 0.2) is 46.9 Å². The Kier molecular flexibility index (Phi) is 18.5. The van der Waals surface area contributed by atoms with E-state index in [9.17, 15) is 81.1 Å². The van der Waals surface area contributed by atoms with E-state index in [4.69, 9.17) is 51.8 Å². The van der Waals surface area contributed by atoms with Crippen LogP contribution in [0.4, 0.5) is 0 Å². The van der Waals surface area contributed by atoms with Gasteiger partial charge in [0.25, 0.3) is 0 Å². The number of carbonyl (C=O) groups is 2. The van der Waals surface area contributed by atoms with Gasteiger partial charge in [-0.1, -0.05) is 12.1 Å². The monoisotopic (exact) mass is 1130 g/mol. The minimum atomic E-state index is -2.16. The summed E-state index contributed by atoms with van der Waals surface area (Å²) in [6, 6.07) is 15.2. The SMILES string of the molecule is COc1cc(/C=C/C(=O)OC[C@H]2O[C@H](O[C@H]3[C@H](Oc4cc5c(O[C@@H]6O[C@H](CO)[C@@H](O)[C@H](O)[C@H]6O)cc(O)cc5[o+]c4-c4ccc(O)c(OC)c4)O[C@H](COC(=O)/C=C/c4ccc(O)c(O)c4)[C@@H](O)[C@@H]3O)[C@@H](O)[C@@H](O)[C@@H]2O)ccc1O. The van der Waals surface area contributed by atoms with E-state index in [0.717, 1.165) is 30.4 Å². The number of hydrogen-bond donors (Lipinski definition) is 14. The summed E-state index contributed by atoms with van der Waals surface area (Å²) in [4.78, 5) is 25.8. The number of methoxy groups -OCH3 is 2. The van der Waals surface area contributed by atoms with E-state index in [-0.39, 0.29) is 56.6 Å². The van der Waals surface area contributed by atoms with Crippen LogP contribution in [0.2, 0.25) is 0 Å². The number of benzene rings is 4. The Morgan fingerprint density at radius 2 is 1.05 bits per heavy atom. The standard InChI is InChI=1S/C53H56O27/c1-70-33-14-23(4-9-28(33)57)6-12-40(61)72-20-37-42(63)45(66)48(69)52(78-37)80-50-46(67)43(64)38(21-73-39(60)11-5-22-3-8-27(56)30(59)13-22)79-53(50)76-35-18-26-31(74-49(35)24-7-10-29(58)34(15-24)71-2)16-25(55)17-32(26)75-51-47(68)44(65)41(62)36(19-54)77-51/h3-18,36-38,41-48,50-54,62-69H,19-21H2,1-2H3,(H4-,55,56,57,58,59,60,61)/p+1/t36-,37-,38-,41-,42-,43-,44+,45+,46+,47-,48+,50-,51-,52-,53-/m1/s1. The molecule has 0 aliphatic carbocycles. The highest BCUT2D eigenvalue weighted by atomic mass is 16.8. The Morgan fingerprint density at radius 3 is 1.66 bits per heavy atom. The molecule has 15 atom stereocenters. The summed E-state index contributed by atoms with van der Waals surface area (Å²) in [7, 11) is 2.58. The molecular formula is C53H57O27+. The summed E-state index contributed by atoms with van der Waals surface area (Å²) in [5.74, 6) is -4.82. The van der Waals surface area contributed by atoms with Crippen LogP contribution in [0.15, 0.2) is 89.4 Å². The molecule has 27 heteroatoms. The molecule has 0 bridgehead atoms. The molecule has 5 aromatic rings. The summed E-state index contributed by atoms with van der Waals surface area (Å²) in [6.07, 6.45) is -24.2. The summed E-state index contributed by atoms with van der Waals surface area (Å²) in [6.45, 7) is -2.40. The summed E-state index contributed by atoms with van der Waals surface area (Å²) < 4.78 is 63.3. The van der Waals surface area contributed by atoms with Crippen LogP contribution in [0.5, 0.6) is 51.7 Å². The van der Waals surface area contributed by atoms with Gasteiger partial charge in [-0.2, -0.15) is 0 Å². The molecule has 1 aromatic heterocycles. The molecule has 3 fully saturated rings. The fourth-order valence-electron chi connectivity index (χ4n) is 8.59. The van der Waals surface area contributed by atoms with Gasteiger partial charge in [0.1, 0.15) is 97.2 Å². The maximum Gasteiger partial charge on any atom is 0.402 e. The first-order valence-electron chi connectivity index (χ1n) is 24.3. The quantitative estimate of drug-likeness (QED) is 0.0230. The number of rotatable bonds is 18. The van der Waals surface area contributed by atoms with Crippen LogP contribution >= 0.6 is 0 Å². The lowest BCUT2D eigenvalue weighted by molar-refractivity contribution is -0.358. The molecule has 430 valence electrons. The molecule has 0 amide bonds. The van der Waals surface area contributed by atoms with Gasteiger partial charge in [-0.15, -0.1) is 0 Å². The number of esters is 2. The number of aliphatic hydroxyl groups is 9. The molecule has 14 N–H and O–H groups in total. The number of fused-ring (bicyclic) bond motifs is 1. The van der Waals surface area contributed by atoms with Crippen LogP contribution in [0.25, 0.3) is 34.4 Å². The number of ether oxygens (including phenoxy) is 10. The normalized spacial score (nSPS) is 28.9. The molecule has 0 radical (unpaired) electrons. The molecule has 0 spiro atoms. The number of phenolic OH excluding ortho intramolecular Hbond substituents is 5. The number of carbonyl (C=O) groups excluding carboxylic acids is 2. The first-order chi connectivity index (χ1) is 38.2. The van der Waals surface area contributed by atoms with Crippen LogP contribution in [0.3, 0.4) is 0 Å². The maximum atomic E-state index is 13.0. The minimum absolute atomic E-state index is 0.0857. The second-order valence-corrected chi connectivity index (χ2v) is 18.4. The first-order valence-corrected chi connectivity index (χ1v) is 24.3. The Labute approximate surface area is 452 Å². The molecule has 4 aromatic carbocycles. The molecule has 3 aliphatic rings. The van der Waals surface area contributed by atoms with E-state index < -0.39 is 147 Å². The zero-order valence-corrected chi connectivity index (χ0v) is 42.1. The van der Waals surface area contributed by atoms with Gasteiger partial charge in [0.05, 0.1) is 32.5 Å². The van der Waals surface area contributed by atoms with Gasteiger partial charge in [-0.3, -0.25) is 0 Å². The van der Waals surface area contributed by atoms with Crippen molar-refractivity contribution in [2.45, 2.75) is 92.1 Å². The lowest BCUT2D eigenvalue weighted by Gasteiger charge is -2.45. The molecule has 80 heavy (non-hydrogen) atoms. The van der Waals surface area contributed by atoms with E-state index >= 15 is 0 Å². The van der Waals surface area contributed by atoms with Gasteiger partial charge in [0, 0.05) is 30.4 Å². The highest BCUT2D eigenvalue weighted by Gasteiger charge is 2.53. The largest absolute Gasteiger partial charge is 0.507 e. The second kappa shape index (κ2) is 25.2. The smallest absolute Gasteiger partial charge is 0.402 e. The van der Waals surface area contributed by atoms with Gasteiger partial charge >= 0.3 is 23.3 Å². The van der Waals surface area contributed by atoms with Gasteiger partial charge < -0.3 is 119 Å². The number of aliphatic hydroxyl groups excluding tert-OH is 9. The first kappa shape index (κ1) is 58.5. The fraction of sp³-hybridized carbons (Fsp3) is 0.377. The van der Waals surface area contributed by atoms with Gasteiger partial charge in [0.2, 0.25) is 18.3 Å². The maximum absolute atomic E-state index is 13.0. The van der Waals surface area contributed by atoms with Crippen LogP contribution in [-0.4, -0.2) is 210 Å². The lowest BCUT2D eigenvalue weighted by Crippen LogP contribution is -2.65. The van der Waals surface area contributed by atoms with Crippen molar-refractivity contribution in [2.75, 3.05) is 34.0 Å². The average Bonchev–Trinajstić information content (AvgIpc) is 3.58. The van der Waals surface area contributed by atoms with Crippen LogP contribution in [0, 0.1) is 0 Å². The Morgan fingerprint density at radius 1 is 0.525 bits per heavy atom. The van der Waals surface area contributed by atoms with Crippen molar-refractivity contribution in [3.63, 3.8) is 0 Å². The fourth-order valence-corrected chi connectivity index (χ4v) is 8.59. The molecule has 27 nitrogen and oxygen atoms in total. The molecule has 3 aliphatic heterocycles. The molecule has 0 saturated carbocycles. The van der Waals surface area contributed by atoms with E-state index in [1.54, 1.807) is 0 Å². The third-order valence-corrected chi connectivity index (χ3v) is 13.0. The third kappa shape index (κ3) is 13.0. The second-order valence-electron chi connectivity index (χ2n) is 18.4. The van der Waals surface area contributed by atoms with Crippen molar-refractivity contribution < 1.29 is 133 Å². The predicted octanol–water partition coefficient (Wildman–Crippen LogP) is -0.364. The Bertz CT molecular complexity index is 3060. The van der Waals surface area contributed by atoms with Gasteiger partial charge in [-0.05, 0) is 59.7 Å². The van der Waals surface area contributed by atoms with Crippen LogP contribution in [0.1, 0.15) is 11.1 Å². The zero-order chi connectivity index (χ0) is 57.7. The van der Waals surface area contributed by atoms with Crippen LogP contribution < -0.4 is 18.9 Å². The van der Waals surface area contributed by atoms with E-state index in [0.29, 0.717) is 5.56 Å². The van der Waals surface area contributed by atoms with Crippen molar-refractivity contribution in [2.24, 2.45) is 0 Å². The molecule has 8 rings (SSSR count). The van der Waals surface area contributed by atoms with E-state index in [1.807, 2.05) is 0 Å². The Balaban J connectivity index is 1.14. The summed E-state index contributed by atoms with van der Waals surface area (Å²) in [5, 5.41) is 149.